The highest BCUT2D eigenvalue weighted by Gasteiger charge is 2.18. The van der Waals surface area contributed by atoms with Crippen molar-refractivity contribution in [3.63, 3.8) is 0 Å². The van der Waals surface area contributed by atoms with E-state index in [2.05, 4.69) is 15.2 Å². The highest BCUT2D eigenvalue weighted by atomic mass is 16.1. The Bertz CT molecular complexity index is 1020. The molecule has 110 valence electrons. The maximum Gasteiger partial charge on any atom is 0.268 e. The van der Waals surface area contributed by atoms with Gasteiger partial charge in [0.2, 0.25) is 0 Å². The van der Waals surface area contributed by atoms with E-state index in [-0.39, 0.29) is 22.5 Å². The largest absolute Gasteiger partial charge is 0.384 e. The van der Waals surface area contributed by atoms with Gasteiger partial charge in [0.15, 0.2) is 0 Å². The van der Waals surface area contributed by atoms with Crippen molar-refractivity contribution < 1.29 is 0 Å². The third kappa shape index (κ3) is 2.33. The molecule has 0 aliphatic rings. The summed E-state index contributed by atoms with van der Waals surface area (Å²) in [6.07, 6.45) is 3.38. The number of nitrogens with two attached hydrogens (primary N) is 1. The van der Waals surface area contributed by atoms with Gasteiger partial charge in [0.05, 0.1) is 6.20 Å². The fourth-order valence-corrected chi connectivity index (χ4v) is 2.40. The second-order valence-corrected chi connectivity index (χ2v) is 4.78. The Kier molecular flexibility index (Phi) is 3.38. The molecule has 3 rings (SSSR count). The number of nitriles is 2. The standard InChI is InChI=1S/C16H10N6O/c17-5-12-14(13(6-18)16(23)22-15(12)19)10-3-1-2-9(4-10)11-7-20-21-8-11/h1-4,7-8H,(H,20,21)(H3,19,22,23). The molecule has 2 heterocycles. The summed E-state index contributed by atoms with van der Waals surface area (Å²) in [5.41, 5.74) is 7.53. The van der Waals surface area contributed by atoms with Gasteiger partial charge >= 0.3 is 0 Å². The topological polar surface area (TPSA) is 135 Å². The predicted octanol–water partition coefficient (Wildman–Crippen LogP) is 1.76. The van der Waals surface area contributed by atoms with Crippen LogP contribution in [-0.4, -0.2) is 15.2 Å². The molecule has 0 saturated heterocycles. The number of aromatic nitrogens is 3. The number of nitrogens with zero attached hydrogens (tertiary/aromatic N) is 3. The van der Waals surface area contributed by atoms with Gasteiger partial charge in [-0.3, -0.25) is 9.89 Å². The molecule has 4 N–H and O–H groups in total. The van der Waals surface area contributed by atoms with Crippen LogP contribution in [0.4, 0.5) is 5.82 Å². The zero-order valence-electron chi connectivity index (χ0n) is 11.8. The van der Waals surface area contributed by atoms with Crippen molar-refractivity contribution in [1.29, 1.82) is 10.5 Å². The monoisotopic (exact) mass is 302 g/mol. The van der Waals surface area contributed by atoms with E-state index in [1.54, 1.807) is 30.6 Å². The molecule has 2 aromatic heterocycles. The zero-order valence-corrected chi connectivity index (χ0v) is 11.8. The molecule has 0 spiro atoms. The van der Waals surface area contributed by atoms with Gasteiger partial charge in [0.25, 0.3) is 5.56 Å². The molecule has 0 aliphatic heterocycles. The van der Waals surface area contributed by atoms with E-state index in [1.807, 2.05) is 18.2 Å². The number of H-pyrrole nitrogens is 2. The third-order valence-electron chi connectivity index (χ3n) is 3.45. The van der Waals surface area contributed by atoms with Crippen LogP contribution >= 0.6 is 0 Å². The van der Waals surface area contributed by atoms with Crippen LogP contribution in [0.15, 0.2) is 41.5 Å². The summed E-state index contributed by atoms with van der Waals surface area (Å²) in [5.74, 6) is -0.0554. The van der Waals surface area contributed by atoms with Crippen LogP contribution in [0.25, 0.3) is 22.3 Å². The van der Waals surface area contributed by atoms with Gasteiger partial charge in [-0.25, -0.2) is 0 Å². The zero-order chi connectivity index (χ0) is 16.4. The fourth-order valence-electron chi connectivity index (χ4n) is 2.40. The van der Waals surface area contributed by atoms with Crippen LogP contribution in [-0.2, 0) is 0 Å². The highest BCUT2D eigenvalue weighted by Crippen LogP contribution is 2.30. The summed E-state index contributed by atoms with van der Waals surface area (Å²) in [6, 6.07) is 10.9. The maximum absolute atomic E-state index is 12.0. The molecule has 7 heteroatoms. The van der Waals surface area contributed by atoms with E-state index in [0.717, 1.165) is 11.1 Å². The van der Waals surface area contributed by atoms with Crippen LogP contribution in [0.5, 0.6) is 0 Å². The number of hydrogen-bond acceptors (Lipinski definition) is 5. The van der Waals surface area contributed by atoms with Crippen molar-refractivity contribution in [2.45, 2.75) is 0 Å². The van der Waals surface area contributed by atoms with Gasteiger partial charge in [-0.1, -0.05) is 18.2 Å². The van der Waals surface area contributed by atoms with Crippen molar-refractivity contribution in [2.24, 2.45) is 0 Å². The van der Waals surface area contributed by atoms with E-state index in [9.17, 15) is 15.3 Å². The van der Waals surface area contributed by atoms with Gasteiger partial charge < -0.3 is 10.7 Å². The lowest BCUT2D eigenvalue weighted by Gasteiger charge is -2.09. The smallest absolute Gasteiger partial charge is 0.268 e. The molecule has 0 aliphatic carbocycles. The molecule has 23 heavy (non-hydrogen) atoms. The molecule has 0 bridgehead atoms. The Morgan fingerprint density at radius 1 is 1.09 bits per heavy atom. The lowest BCUT2D eigenvalue weighted by molar-refractivity contribution is 1.09. The normalized spacial score (nSPS) is 10.0. The molecule has 0 unspecified atom stereocenters. The second kappa shape index (κ2) is 5.51. The summed E-state index contributed by atoms with van der Waals surface area (Å²) in [6.45, 7) is 0. The molecule has 0 atom stereocenters. The van der Waals surface area contributed by atoms with Crippen molar-refractivity contribution in [3.8, 4) is 34.4 Å². The maximum atomic E-state index is 12.0. The van der Waals surface area contributed by atoms with Crippen LogP contribution in [0.3, 0.4) is 0 Å². The average Bonchev–Trinajstić information content (AvgIpc) is 3.09. The molecule has 0 radical (unpaired) electrons. The van der Waals surface area contributed by atoms with E-state index in [0.29, 0.717) is 5.56 Å². The van der Waals surface area contributed by atoms with Gasteiger partial charge in [-0.05, 0) is 17.2 Å². The van der Waals surface area contributed by atoms with Crippen molar-refractivity contribution >= 4 is 5.82 Å². The molecule has 1 aromatic carbocycles. The minimum Gasteiger partial charge on any atom is -0.384 e. The molecule has 0 saturated carbocycles. The summed E-state index contributed by atoms with van der Waals surface area (Å²) >= 11 is 0. The first-order valence-electron chi connectivity index (χ1n) is 6.61. The Labute approximate surface area is 130 Å². The van der Waals surface area contributed by atoms with Crippen LogP contribution in [0.1, 0.15) is 11.1 Å². The Morgan fingerprint density at radius 2 is 1.83 bits per heavy atom. The van der Waals surface area contributed by atoms with Crippen molar-refractivity contribution in [2.75, 3.05) is 5.73 Å². The molecular weight excluding hydrogens is 292 g/mol. The number of rotatable bonds is 2. The van der Waals surface area contributed by atoms with E-state index in [1.165, 1.54) is 0 Å². The van der Waals surface area contributed by atoms with Crippen LogP contribution in [0.2, 0.25) is 0 Å². The Balaban J connectivity index is 2.32. The van der Waals surface area contributed by atoms with E-state index >= 15 is 0 Å². The van der Waals surface area contributed by atoms with Crippen molar-refractivity contribution in [1.82, 2.24) is 15.2 Å². The minimum absolute atomic E-state index is 0.0554. The summed E-state index contributed by atoms with van der Waals surface area (Å²) in [4.78, 5) is 14.3. The summed E-state index contributed by atoms with van der Waals surface area (Å²) < 4.78 is 0. The summed E-state index contributed by atoms with van der Waals surface area (Å²) in [5, 5.41) is 25.3. The number of nitrogen functional groups attached to an aromatic ring is 1. The Morgan fingerprint density at radius 3 is 2.48 bits per heavy atom. The summed E-state index contributed by atoms with van der Waals surface area (Å²) in [7, 11) is 0. The fraction of sp³-hybridized carbons (Fsp3) is 0. The number of benzene rings is 1. The number of aromatic amines is 2. The van der Waals surface area contributed by atoms with Crippen LogP contribution < -0.4 is 11.3 Å². The van der Waals surface area contributed by atoms with Gasteiger partial charge in [0.1, 0.15) is 29.1 Å². The molecule has 0 fully saturated rings. The lowest BCUT2D eigenvalue weighted by atomic mass is 9.94. The molecular formula is C16H10N6O. The quantitative estimate of drug-likeness (QED) is 0.662. The second-order valence-electron chi connectivity index (χ2n) is 4.78. The SMILES string of the molecule is N#Cc1c(N)[nH]c(=O)c(C#N)c1-c1cccc(-c2cn[nH]c2)c1. The first-order valence-corrected chi connectivity index (χ1v) is 6.61. The number of nitrogens with one attached hydrogen (secondary N) is 2. The average molecular weight is 302 g/mol. The first kappa shape index (κ1) is 14.1. The van der Waals surface area contributed by atoms with Gasteiger partial charge in [0, 0.05) is 17.3 Å². The molecule has 3 aromatic rings. The van der Waals surface area contributed by atoms with Crippen LogP contribution in [0, 0.1) is 22.7 Å². The third-order valence-corrected chi connectivity index (χ3v) is 3.45. The molecule has 7 nitrogen and oxygen atoms in total. The van der Waals surface area contributed by atoms with E-state index < -0.39 is 5.56 Å². The Hall–Kier alpha value is -3.84. The number of pyridine rings is 1. The van der Waals surface area contributed by atoms with Gasteiger partial charge in [-0.15, -0.1) is 0 Å². The minimum atomic E-state index is -0.618. The highest BCUT2D eigenvalue weighted by molar-refractivity contribution is 5.82. The van der Waals surface area contributed by atoms with E-state index in [4.69, 9.17) is 5.73 Å². The van der Waals surface area contributed by atoms with Crippen molar-refractivity contribution in [3.05, 3.63) is 58.1 Å². The van der Waals surface area contributed by atoms with Gasteiger partial charge in [-0.2, -0.15) is 15.6 Å². The lowest BCUT2D eigenvalue weighted by Crippen LogP contribution is -2.16. The number of hydrogen-bond donors (Lipinski definition) is 3. The molecule has 0 amide bonds. The first-order chi connectivity index (χ1) is 11.2. The predicted molar refractivity (Wildman–Crippen MR) is 83.9 cm³/mol. The number of anilines is 1.